The van der Waals surface area contributed by atoms with Gasteiger partial charge in [-0.2, -0.15) is 4.52 Å². The van der Waals surface area contributed by atoms with E-state index in [4.69, 9.17) is 16.3 Å². The van der Waals surface area contributed by atoms with Crippen molar-refractivity contribution >= 4 is 23.1 Å². The van der Waals surface area contributed by atoms with E-state index in [1.54, 1.807) is 24.3 Å². The first kappa shape index (κ1) is 17.0. The van der Waals surface area contributed by atoms with Crippen LogP contribution in [0.4, 0.5) is 14.6 Å². The molecule has 1 aromatic carbocycles. The molecule has 1 aliphatic rings. The molecule has 6 nitrogen and oxygen atoms in total. The lowest BCUT2D eigenvalue weighted by Crippen LogP contribution is -2.35. The quantitative estimate of drug-likeness (QED) is 0.675. The normalized spacial score (nSPS) is 17.4. The number of benzene rings is 1. The van der Waals surface area contributed by atoms with Crippen molar-refractivity contribution in [2.45, 2.75) is 25.3 Å². The SMILES string of the molecule is FC(F)c1nnc2ccc(N3CCCC3COc3ccc(Cl)cc3)nn12. The van der Waals surface area contributed by atoms with E-state index in [-0.39, 0.29) is 6.04 Å². The van der Waals surface area contributed by atoms with E-state index in [0.29, 0.717) is 23.1 Å². The summed E-state index contributed by atoms with van der Waals surface area (Å²) in [5.74, 6) is 0.903. The first-order chi connectivity index (χ1) is 12.6. The molecular formula is C17H16ClF2N5O. The topological polar surface area (TPSA) is 55.5 Å². The fourth-order valence-electron chi connectivity index (χ4n) is 3.12. The molecule has 0 spiro atoms. The molecule has 136 valence electrons. The van der Waals surface area contributed by atoms with E-state index in [9.17, 15) is 8.78 Å². The Morgan fingerprint density at radius 1 is 1.15 bits per heavy atom. The van der Waals surface area contributed by atoms with Crippen LogP contribution in [0.15, 0.2) is 36.4 Å². The molecule has 26 heavy (non-hydrogen) atoms. The Morgan fingerprint density at radius 3 is 2.73 bits per heavy atom. The molecular weight excluding hydrogens is 364 g/mol. The molecule has 0 amide bonds. The van der Waals surface area contributed by atoms with Crippen LogP contribution in [-0.4, -0.2) is 39.0 Å². The summed E-state index contributed by atoms with van der Waals surface area (Å²) in [5.41, 5.74) is 0.303. The van der Waals surface area contributed by atoms with Crippen LogP contribution in [0, 0.1) is 0 Å². The number of rotatable bonds is 5. The molecule has 1 saturated heterocycles. The molecule has 0 aliphatic carbocycles. The van der Waals surface area contributed by atoms with Crippen molar-refractivity contribution in [3.63, 3.8) is 0 Å². The average molecular weight is 380 g/mol. The molecule has 2 aromatic heterocycles. The smallest absolute Gasteiger partial charge is 0.299 e. The summed E-state index contributed by atoms with van der Waals surface area (Å²) in [6, 6.07) is 10.7. The third kappa shape index (κ3) is 3.29. The summed E-state index contributed by atoms with van der Waals surface area (Å²) in [6.07, 6.45) is -0.800. The molecule has 1 atom stereocenters. The predicted molar refractivity (Wildman–Crippen MR) is 93.1 cm³/mol. The Balaban J connectivity index is 1.53. The van der Waals surface area contributed by atoms with Crippen LogP contribution in [0.5, 0.6) is 5.75 Å². The molecule has 0 bridgehead atoms. The molecule has 1 unspecified atom stereocenters. The van der Waals surface area contributed by atoms with Crippen molar-refractivity contribution in [1.82, 2.24) is 19.8 Å². The Kier molecular flexibility index (Phi) is 4.58. The molecule has 9 heteroatoms. The highest BCUT2D eigenvalue weighted by molar-refractivity contribution is 6.30. The summed E-state index contributed by atoms with van der Waals surface area (Å²) >= 11 is 5.88. The Morgan fingerprint density at radius 2 is 1.96 bits per heavy atom. The average Bonchev–Trinajstić information content (AvgIpc) is 3.27. The molecule has 0 N–H and O–H groups in total. The van der Waals surface area contributed by atoms with Gasteiger partial charge in [-0.15, -0.1) is 15.3 Å². The van der Waals surface area contributed by atoms with Crippen LogP contribution in [-0.2, 0) is 0 Å². The predicted octanol–water partition coefficient (Wildman–Crippen LogP) is 3.76. The largest absolute Gasteiger partial charge is 0.491 e. The highest BCUT2D eigenvalue weighted by atomic mass is 35.5. The van der Waals surface area contributed by atoms with Crippen molar-refractivity contribution in [3.8, 4) is 5.75 Å². The van der Waals surface area contributed by atoms with Crippen LogP contribution in [0.2, 0.25) is 5.02 Å². The number of alkyl halides is 2. The third-order valence-electron chi connectivity index (χ3n) is 4.40. The van der Waals surface area contributed by atoms with E-state index >= 15 is 0 Å². The summed E-state index contributed by atoms with van der Waals surface area (Å²) < 4.78 is 33.1. The van der Waals surface area contributed by atoms with Crippen LogP contribution in [0.25, 0.3) is 5.65 Å². The second-order valence-electron chi connectivity index (χ2n) is 6.07. The van der Waals surface area contributed by atoms with Crippen molar-refractivity contribution in [2.24, 2.45) is 0 Å². The van der Waals surface area contributed by atoms with Crippen LogP contribution < -0.4 is 9.64 Å². The summed E-state index contributed by atoms with van der Waals surface area (Å²) in [5, 5.41) is 12.2. The second kappa shape index (κ2) is 7.03. The Bertz CT molecular complexity index is 902. The summed E-state index contributed by atoms with van der Waals surface area (Å²) in [4.78, 5) is 2.07. The van der Waals surface area contributed by atoms with Gasteiger partial charge in [0.25, 0.3) is 6.43 Å². The lowest BCUT2D eigenvalue weighted by molar-refractivity contribution is 0.137. The van der Waals surface area contributed by atoms with E-state index in [1.807, 2.05) is 12.1 Å². The van der Waals surface area contributed by atoms with Gasteiger partial charge in [0.15, 0.2) is 5.65 Å². The van der Waals surface area contributed by atoms with Crippen LogP contribution >= 0.6 is 11.6 Å². The van der Waals surface area contributed by atoms with Gasteiger partial charge in [0, 0.05) is 11.6 Å². The molecule has 4 rings (SSSR count). The minimum Gasteiger partial charge on any atom is -0.491 e. The number of aromatic nitrogens is 4. The second-order valence-corrected chi connectivity index (χ2v) is 6.51. The Labute approximate surface area is 153 Å². The number of ether oxygens (including phenoxy) is 1. The lowest BCUT2D eigenvalue weighted by atomic mass is 10.2. The molecule has 3 heterocycles. The van der Waals surface area contributed by atoms with Crippen LogP contribution in [0.3, 0.4) is 0 Å². The zero-order valence-corrected chi connectivity index (χ0v) is 14.5. The molecule has 1 fully saturated rings. The van der Waals surface area contributed by atoms with Crippen molar-refractivity contribution in [3.05, 3.63) is 47.2 Å². The van der Waals surface area contributed by atoms with Crippen LogP contribution in [0.1, 0.15) is 25.1 Å². The number of fused-ring (bicyclic) bond motifs is 1. The van der Waals surface area contributed by atoms with Crippen molar-refractivity contribution < 1.29 is 13.5 Å². The number of hydrogen-bond donors (Lipinski definition) is 0. The standard InChI is InChI=1S/C17H16ClF2N5O/c18-11-3-5-13(6-4-11)26-10-12-2-1-9-24(12)15-8-7-14-21-22-17(16(19)20)25(14)23-15/h3-8,12,16H,1-2,9-10H2. The van der Waals surface area contributed by atoms with Crippen molar-refractivity contribution in [1.29, 1.82) is 0 Å². The van der Waals surface area contributed by atoms with Gasteiger partial charge in [-0.1, -0.05) is 11.6 Å². The highest BCUT2D eigenvalue weighted by Gasteiger charge is 2.27. The van der Waals surface area contributed by atoms with E-state index < -0.39 is 12.2 Å². The number of nitrogens with zero attached hydrogens (tertiary/aromatic N) is 5. The van der Waals surface area contributed by atoms with Gasteiger partial charge in [0.1, 0.15) is 18.2 Å². The minimum absolute atomic E-state index is 0.113. The fraction of sp³-hybridized carbons (Fsp3) is 0.353. The highest BCUT2D eigenvalue weighted by Crippen LogP contribution is 2.26. The third-order valence-corrected chi connectivity index (χ3v) is 4.65. The maximum Gasteiger partial charge on any atom is 0.299 e. The first-order valence-electron chi connectivity index (χ1n) is 8.27. The van der Waals surface area contributed by atoms with Gasteiger partial charge in [0.05, 0.1) is 6.04 Å². The molecule has 0 saturated carbocycles. The van der Waals surface area contributed by atoms with Gasteiger partial charge >= 0.3 is 0 Å². The first-order valence-corrected chi connectivity index (χ1v) is 8.65. The molecule has 1 aliphatic heterocycles. The number of halogens is 3. The zero-order chi connectivity index (χ0) is 18.1. The zero-order valence-electron chi connectivity index (χ0n) is 13.7. The van der Waals surface area contributed by atoms with Gasteiger partial charge in [-0.3, -0.25) is 0 Å². The summed E-state index contributed by atoms with van der Waals surface area (Å²) in [6.45, 7) is 1.27. The number of anilines is 1. The molecule has 3 aromatic rings. The van der Waals surface area contributed by atoms with Gasteiger partial charge in [-0.25, -0.2) is 8.78 Å². The van der Waals surface area contributed by atoms with Gasteiger partial charge in [0.2, 0.25) is 5.82 Å². The Hall–Kier alpha value is -2.48. The van der Waals surface area contributed by atoms with E-state index in [2.05, 4.69) is 20.2 Å². The summed E-state index contributed by atoms with van der Waals surface area (Å²) in [7, 11) is 0. The number of hydrogen-bond acceptors (Lipinski definition) is 5. The fourth-order valence-corrected chi connectivity index (χ4v) is 3.24. The molecule has 0 radical (unpaired) electrons. The minimum atomic E-state index is -2.73. The van der Waals surface area contributed by atoms with Gasteiger partial charge < -0.3 is 9.64 Å². The van der Waals surface area contributed by atoms with Gasteiger partial charge in [-0.05, 0) is 49.2 Å². The van der Waals surface area contributed by atoms with E-state index in [0.717, 1.165) is 29.7 Å². The monoisotopic (exact) mass is 379 g/mol. The van der Waals surface area contributed by atoms with E-state index in [1.165, 1.54) is 0 Å². The maximum absolute atomic E-state index is 13.0. The maximum atomic E-state index is 13.0. The lowest BCUT2D eigenvalue weighted by Gasteiger charge is -2.25. The van der Waals surface area contributed by atoms with Crippen molar-refractivity contribution in [2.75, 3.05) is 18.1 Å².